The molecule has 23 heavy (non-hydrogen) atoms. The molecule has 8 heteroatoms. The van der Waals surface area contributed by atoms with Crippen molar-refractivity contribution in [3.05, 3.63) is 29.8 Å². The fraction of sp³-hybridized carbons (Fsp3) is 0.467. The second kappa shape index (κ2) is 8.52. The van der Waals surface area contributed by atoms with Crippen molar-refractivity contribution in [2.24, 2.45) is 0 Å². The van der Waals surface area contributed by atoms with Crippen LogP contribution in [0.25, 0.3) is 0 Å². The summed E-state index contributed by atoms with van der Waals surface area (Å²) in [6, 6.07) is 4.04. The first-order chi connectivity index (χ1) is 10.7. The molecule has 0 fully saturated rings. The predicted molar refractivity (Wildman–Crippen MR) is 80.9 cm³/mol. The number of amides is 2. The van der Waals surface area contributed by atoms with Crippen LogP contribution in [0.1, 0.15) is 18.4 Å². The van der Waals surface area contributed by atoms with Gasteiger partial charge in [-0.25, -0.2) is 0 Å². The largest absolute Gasteiger partial charge is 0.416 e. The second-order valence-electron chi connectivity index (χ2n) is 5.31. The Kier molecular flexibility index (Phi) is 7.02. The number of anilines is 1. The van der Waals surface area contributed by atoms with Gasteiger partial charge >= 0.3 is 6.18 Å². The summed E-state index contributed by atoms with van der Waals surface area (Å²) in [4.78, 5) is 25.2. The number of benzene rings is 1. The molecule has 5 nitrogen and oxygen atoms in total. The summed E-state index contributed by atoms with van der Waals surface area (Å²) in [5, 5.41) is 4.99. The SMILES string of the molecule is CN(C)CCCNC(=O)CC(=O)Nc1ccc(C(F)(F)F)cc1. The number of hydrogen-bond acceptors (Lipinski definition) is 3. The summed E-state index contributed by atoms with van der Waals surface area (Å²) in [5.74, 6) is -0.997. The first kappa shape index (κ1) is 19.0. The van der Waals surface area contributed by atoms with Gasteiger partial charge in [0.15, 0.2) is 0 Å². The Morgan fingerprint density at radius 1 is 1.09 bits per heavy atom. The predicted octanol–water partition coefficient (Wildman–Crippen LogP) is 2.10. The lowest BCUT2D eigenvalue weighted by molar-refractivity contribution is -0.137. The molecule has 0 saturated carbocycles. The molecule has 0 aromatic heterocycles. The Labute approximate surface area is 132 Å². The van der Waals surface area contributed by atoms with Gasteiger partial charge in [0, 0.05) is 12.2 Å². The smallest absolute Gasteiger partial charge is 0.356 e. The number of alkyl halides is 3. The molecule has 0 radical (unpaired) electrons. The van der Waals surface area contributed by atoms with Crippen LogP contribution in [0.3, 0.4) is 0 Å². The molecular weight excluding hydrogens is 311 g/mol. The van der Waals surface area contributed by atoms with Crippen molar-refractivity contribution < 1.29 is 22.8 Å². The Bertz CT molecular complexity index is 528. The molecule has 0 saturated heterocycles. The van der Waals surface area contributed by atoms with E-state index in [1.54, 1.807) is 0 Å². The van der Waals surface area contributed by atoms with E-state index in [-0.39, 0.29) is 12.1 Å². The van der Waals surface area contributed by atoms with E-state index in [4.69, 9.17) is 0 Å². The maximum absolute atomic E-state index is 12.4. The number of nitrogens with zero attached hydrogens (tertiary/aromatic N) is 1. The van der Waals surface area contributed by atoms with Crippen LogP contribution in [0, 0.1) is 0 Å². The zero-order valence-corrected chi connectivity index (χ0v) is 13.0. The lowest BCUT2D eigenvalue weighted by Crippen LogP contribution is -2.30. The van der Waals surface area contributed by atoms with E-state index >= 15 is 0 Å². The fourth-order valence-electron chi connectivity index (χ4n) is 1.78. The molecule has 128 valence electrons. The van der Waals surface area contributed by atoms with Gasteiger partial charge in [0.1, 0.15) is 6.42 Å². The van der Waals surface area contributed by atoms with Crippen LogP contribution in [0.15, 0.2) is 24.3 Å². The van der Waals surface area contributed by atoms with Gasteiger partial charge in [0.05, 0.1) is 5.56 Å². The maximum Gasteiger partial charge on any atom is 0.416 e. The summed E-state index contributed by atoms with van der Waals surface area (Å²) >= 11 is 0. The van der Waals surface area contributed by atoms with Crippen LogP contribution in [-0.4, -0.2) is 43.9 Å². The van der Waals surface area contributed by atoms with Gasteiger partial charge in [0.25, 0.3) is 0 Å². The number of nitrogens with one attached hydrogen (secondary N) is 2. The van der Waals surface area contributed by atoms with Gasteiger partial charge in [0.2, 0.25) is 11.8 Å². The molecule has 1 aromatic carbocycles. The Morgan fingerprint density at radius 2 is 1.70 bits per heavy atom. The average Bonchev–Trinajstić information content (AvgIpc) is 2.43. The fourth-order valence-corrected chi connectivity index (χ4v) is 1.78. The Morgan fingerprint density at radius 3 is 2.22 bits per heavy atom. The van der Waals surface area contributed by atoms with Crippen molar-refractivity contribution in [1.82, 2.24) is 10.2 Å². The van der Waals surface area contributed by atoms with Crippen molar-refractivity contribution in [3.63, 3.8) is 0 Å². The summed E-state index contributed by atoms with van der Waals surface area (Å²) < 4.78 is 37.2. The first-order valence-electron chi connectivity index (χ1n) is 7.07. The molecule has 1 aromatic rings. The topological polar surface area (TPSA) is 61.4 Å². The normalized spacial score (nSPS) is 11.4. The van der Waals surface area contributed by atoms with Crippen LogP contribution in [0.2, 0.25) is 0 Å². The molecule has 0 atom stereocenters. The molecule has 0 aliphatic rings. The molecule has 0 bridgehead atoms. The highest BCUT2D eigenvalue weighted by atomic mass is 19.4. The molecule has 0 spiro atoms. The van der Waals surface area contributed by atoms with Crippen LogP contribution in [0.4, 0.5) is 18.9 Å². The zero-order valence-electron chi connectivity index (χ0n) is 13.0. The molecule has 1 rings (SSSR count). The summed E-state index contributed by atoms with van der Waals surface area (Å²) in [5.41, 5.74) is -0.586. The molecular formula is C15H20F3N3O2. The molecule has 0 unspecified atom stereocenters. The third-order valence-corrected chi connectivity index (χ3v) is 2.92. The minimum absolute atomic E-state index is 0.211. The minimum Gasteiger partial charge on any atom is -0.356 e. The number of carbonyl (C=O) groups excluding carboxylic acids is 2. The van der Waals surface area contributed by atoms with E-state index in [2.05, 4.69) is 10.6 Å². The van der Waals surface area contributed by atoms with E-state index in [0.29, 0.717) is 6.54 Å². The van der Waals surface area contributed by atoms with Gasteiger partial charge < -0.3 is 15.5 Å². The second-order valence-corrected chi connectivity index (χ2v) is 5.31. The average molecular weight is 331 g/mol. The molecule has 2 N–H and O–H groups in total. The molecule has 0 aliphatic carbocycles. The quantitative estimate of drug-likeness (QED) is 0.594. The number of halogens is 3. The third kappa shape index (κ3) is 7.64. The monoisotopic (exact) mass is 331 g/mol. The van der Waals surface area contributed by atoms with Gasteiger partial charge in [-0.3, -0.25) is 9.59 Å². The van der Waals surface area contributed by atoms with Gasteiger partial charge in [-0.05, 0) is 51.3 Å². The molecule has 0 aliphatic heterocycles. The van der Waals surface area contributed by atoms with Crippen molar-refractivity contribution >= 4 is 17.5 Å². The van der Waals surface area contributed by atoms with Gasteiger partial charge in [-0.1, -0.05) is 0 Å². The van der Waals surface area contributed by atoms with Crippen molar-refractivity contribution in [2.75, 3.05) is 32.5 Å². The highest BCUT2D eigenvalue weighted by molar-refractivity contribution is 6.03. The summed E-state index contributed by atoms with van der Waals surface area (Å²) in [6.07, 6.45) is -4.03. The Balaban J connectivity index is 2.37. The van der Waals surface area contributed by atoms with Crippen molar-refractivity contribution in [2.45, 2.75) is 19.0 Å². The maximum atomic E-state index is 12.4. The number of carbonyl (C=O) groups is 2. The van der Waals surface area contributed by atoms with E-state index in [1.165, 1.54) is 0 Å². The van der Waals surface area contributed by atoms with E-state index < -0.39 is 23.6 Å². The zero-order chi connectivity index (χ0) is 17.5. The van der Waals surface area contributed by atoms with E-state index in [1.807, 2.05) is 19.0 Å². The van der Waals surface area contributed by atoms with Crippen LogP contribution in [-0.2, 0) is 15.8 Å². The third-order valence-electron chi connectivity index (χ3n) is 2.92. The number of hydrogen-bond donors (Lipinski definition) is 2. The van der Waals surface area contributed by atoms with E-state index in [0.717, 1.165) is 37.2 Å². The highest BCUT2D eigenvalue weighted by Crippen LogP contribution is 2.29. The number of rotatable bonds is 7. The lowest BCUT2D eigenvalue weighted by Gasteiger charge is -2.10. The summed E-state index contributed by atoms with van der Waals surface area (Å²) in [7, 11) is 3.83. The van der Waals surface area contributed by atoms with Crippen LogP contribution in [0.5, 0.6) is 0 Å². The minimum atomic E-state index is -4.42. The van der Waals surface area contributed by atoms with Crippen LogP contribution >= 0.6 is 0 Å². The standard InChI is InChI=1S/C15H20F3N3O2/c1-21(2)9-3-8-19-13(22)10-14(23)20-12-6-4-11(5-7-12)15(16,17)18/h4-7H,3,8-10H2,1-2H3,(H,19,22)(H,20,23). The van der Waals surface area contributed by atoms with E-state index in [9.17, 15) is 22.8 Å². The van der Waals surface area contributed by atoms with Gasteiger partial charge in [-0.15, -0.1) is 0 Å². The van der Waals surface area contributed by atoms with Gasteiger partial charge in [-0.2, -0.15) is 13.2 Å². The van der Waals surface area contributed by atoms with Crippen LogP contribution < -0.4 is 10.6 Å². The first-order valence-corrected chi connectivity index (χ1v) is 7.07. The Hall–Kier alpha value is -2.09. The molecule has 0 heterocycles. The summed E-state index contributed by atoms with van der Waals surface area (Å²) in [6.45, 7) is 1.28. The van der Waals surface area contributed by atoms with Crippen molar-refractivity contribution in [3.8, 4) is 0 Å². The highest BCUT2D eigenvalue weighted by Gasteiger charge is 2.29. The molecule has 2 amide bonds. The lowest BCUT2D eigenvalue weighted by atomic mass is 10.2. The van der Waals surface area contributed by atoms with Crippen molar-refractivity contribution in [1.29, 1.82) is 0 Å².